The zero-order chi connectivity index (χ0) is 20.2. The number of hydrogen-bond acceptors (Lipinski definition) is 8. The number of rotatable bonds is 8. The quantitative estimate of drug-likeness (QED) is 0.478. The van der Waals surface area contributed by atoms with Crippen LogP contribution in [0.15, 0.2) is 47.2 Å². The van der Waals surface area contributed by atoms with E-state index < -0.39 is 5.97 Å². The standard InChI is InChI=1S/C19H17N5O5/c1-27-11-15-8-16(23-29-15)18-22-21-17-5-4-14(10-24(17)18)28-7-6-13-3-2-12(9-20-13)19(25)26/h2-5,8-10H,6-7,11H2,1H3,(H,25,26). The number of carbonyl (C=O) groups is 1. The molecule has 148 valence electrons. The van der Waals surface area contributed by atoms with Gasteiger partial charge < -0.3 is 19.1 Å². The average molecular weight is 395 g/mol. The number of ether oxygens (including phenoxy) is 2. The highest BCUT2D eigenvalue weighted by Gasteiger charge is 2.14. The molecular formula is C19H17N5O5. The third-order valence-electron chi connectivity index (χ3n) is 4.15. The summed E-state index contributed by atoms with van der Waals surface area (Å²) >= 11 is 0. The molecule has 1 N–H and O–H groups in total. The molecule has 0 bridgehead atoms. The van der Waals surface area contributed by atoms with Gasteiger partial charge in [0.15, 0.2) is 22.9 Å². The van der Waals surface area contributed by atoms with Crippen LogP contribution < -0.4 is 4.74 Å². The largest absolute Gasteiger partial charge is 0.492 e. The van der Waals surface area contributed by atoms with E-state index in [1.54, 1.807) is 42.0 Å². The van der Waals surface area contributed by atoms with E-state index in [1.807, 2.05) is 0 Å². The molecule has 0 amide bonds. The highest BCUT2D eigenvalue weighted by atomic mass is 16.5. The maximum atomic E-state index is 10.9. The van der Waals surface area contributed by atoms with Gasteiger partial charge in [-0.05, 0) is 24.3 Å². The highest BCUT2D eigenvalue weighted by Crippen LogP contribution is 2.21. The van der Waals surface area contributed by atoms with Crippen LogP contribution in [0.25, 0.3) is 17.2 Å². The lowest BCUT2D eigenvalue weighted by Crippen LogP contribution is -2.05. The molecule has 10 nitrogen and oxygen atoms in total. The van der Waals surface area contributed by atoms with Crippen molar-refractivity contribution in [1.82, 2.24) is 24.7 Å². The van der Waals surface area contributed by atoms with Crippen molar-refractivity contribution in [3.8, 4) is 17.3 Å². The summed E-state index contributed by atoms with van der Waals surface area (Å²) in [5.74, 6) is 0.747. The molecule has 0 unspecified atom stereocenters. The minimum absolute atomic E-state index is 0.154. The topological polar surface area (TPSA) is 125 Å². The monoisotopic (exact) mass is 395 g/mol. The lowest BCUT2D eigenvalue weighted by Gasteiger charge is -2.07. The number of methoxy groups -OCH3 is 1. The molecule has 0 radical (unpaired) electrons. The summed E-state index contributed by atoms with van der Waals surface area (Å²) in [5, 5.41) is 21.2. The minimum atomic E-state index is -1.00. The SMILES string of the molecule is COCc1cc(-c2nnc3ccc(OCCc4ccc(C(=O)O)cn4)cn23)no1. The average Bonchev–Trinajstić information content (AvgIpc) is 3.35. The van der Waals surface area contributed by atoms with Gasteiger partial charge in [0.2, 0.25) is 0 Å². The van der Waals surface area contributed by atoms with Gasteiger partial charge in [-0.1, -0.05) is 5.16 Å². The molecule has 4 rings (SSSR count). The van der Waals surface area contributed by atoms with Gasteiger partial charge in [-0.2, -0.15) is 0 Å². The van der Waals surface area contributed by atoms with Crippen molar-refractivity contribution < 1.29 is 23.9 Å². The third kappa shape index (κ3) is 4.06. The predicted molar refractivity (Wildman–Crippen MR) is 99.6 cm³/mol. The van der Waals surface area contributed by atoms with Gasteiger partial charge >= 0.3 is 5.97 Å². The van der Waals surface area contributed by atoms with E-state index in [1.165, 1.54) is 12.3 Å². The Labute approximate surface area is 164 Å². The summed E-state index contributed by atoms with van der Waals surface area (Å²) in [5.41, 5.74) is 2.09. The summed E-state index contributed by atoms with van der Waals surface area (Å²) in [7, 11) is 1.58. The molecule has 29 heavy (non-hydrogen) atoms. The van der Waals surface area contributed by atoms with Gasteiger partial charge in [-0.3, -0.25) is 9.38 Å². The Kier molecular flexibility index (Phi) is 5.16. The second kappa shape index (κ2) is 8.07. The molecule has 10 heteroatoms. The Hall–Kier alpha value is -3.79. The molecule has 4 aromatic heterocycles. The molecule has 0 spiro atoms. The van der Waals surface area contributed by atoms with Crippen LogP contribution in [-0.2, 0) is 17.8 Å². The molecular weight excluding hydrogens is 378 g/mol. The second-order valence-corrected chi connectivity index (χ2v) is 6.17. The smallest absolute Gasteiger partial charge is 0.337 e. The van der Waals surface area contributed by atoms with Crippen LogP contribution in [0.3, 0.4) is 0 Å². The van der Waals surface area contributed by atoms with Gasteiger partial charge in [0.05, 0.1) is 18.4 Å². The number of aromatic nitrogens is 5. The lowest BCUT2D eigenvalue weighted by molar-refractivity contribution is 0.0696. The van der Waals surface area contributed by atoms with Crippen molar-refractivity contribution in [1.29, 1.82) is 0 Å². The maximum Gasteiger partial charge on any atom is 0.337 e. The number of fused-ring (bicyclic) bond motifs is 1. The first-order chi connectivity index (χ1) is 14.1. The molecule has 4 aromatic rings. The second-order valence-electron chi connectivity index (χ2n) is 6.17. The zero-order valence-corrected chi connectivity index (χ0v) is 15.5. The van der Waals surface area contributed by atoms with E-state index in [0.717, 1.165) is 5.69 Å². The summed E-state index contributed by atoms with van der Waals surface area (Å²) in [6.07, 6.45) is 3.65. The van der Waals surface area contributed by atoms with E-state index in [-0.39, 0.29) is 5.56 Å². The Morgan fingerprint density at radius 1 is 1.24 bits per heavy atom. The summed E-state index contributed by atoms with van der Waals surface area (Å²) < 4.78 is 17.8. The Morgan fingerprint density at radius 3 is 2.90 bits per heavy atom. The predicted octanol–water partition coefficient (Wildman–Crippen LogP) is 2.25. The van der Waals surface area contributed by atoms with Crippen LogP contribution in [0.4, 0.5) is 0 Å². The van der Waals surface area contributed by atoms with Crippen LogP contribution in [-0.4, -0.2) is 49.5 Å². The molecule has 0 aliphatic heterocycles. The van der Waals surface area contributed by atoms with Gasteiger partial charge in [-0.15, -0.1) is 10.2 Å². The Bertz CT molecular complexity index is 1140. The number of carboxylic acid groups (broad SMARTS) is 1. The van der Waals surface area contributed by atoms with E-state index in [4.69, 9.17) is 19.1 Å². The minimum Gasteiger partial charge on any atom is -0.492 e. The molecule has 4 heterocycles. The number of pyridine rings is 2. The molecule has 0 saturated carbocycles. The van der Waals surface area contributed by atoms with Crippen LogP contribution in [0.1, 0.15) is 21.8 Å². The molecule has 0 atom stereocenters. The fourth-order valence-corrected chi connectivity index (χ4v) is 2.73. The van der Waals surface area contributed by atoms with Crippen LogP contribution in [0.2, 0.25) is 0 Å². The van der Waals surface area contributed by atoms with E-state index in [0.29, 0.717) is 48.3 Å². The fourth-order valence-electron chi connectivity index (χ4n) is 2.73. The molecule has 0 saturated heterocycles. The molecule has 0 fully saturated rings. The first-order valence-electron chi connectivity index (χ1n) is 8.75. The third-order valence-corrected chi connectivity index (χ3v) is 4.15. The van der Waals surface area contributed by atoms with Crippen molar-refractivity contribution in [2.45, 2.75) is 13.0 Å². The molecule has 0 aromatic carbocycles. The maximum absolute atomic E-state index is 10.9. The number of aromatic carboxylic acids is 1. The first kappa shape index (κ1) is 18.6. The number of hydrogen-bond donors (Lipinski definition) is 1. The van der Waals surface area contributed by atoms with Crippen molar-refractivity contribution in [3.05, 3.63) is 59.7 Å². The molecule has 0 aliphatic rings. The molecule has 0 aliphatic carbocycles. The van der Waals surface area contributed by atoms with Crippen molar-refractivity contribution >= 4 is 11.6 Å². The Morgan fingerprint density at radius 2 is 2.14 bits per heavy atom. The normalized spacial score (nSPS) is 11.1. The van der Waals surface area contributed by atoms with Crippen molar-refractivity contribution in [2.75, 3.05) is 13.7 Å². The first-order valence-corrected chi connectivity index (χ1v) is 8.75. The van der Waals surface area contributed by atoms with Gasteiger partial charge in [0, 0.05) is 31.5 Å². The number of nitrogens with zero attached hydrogens (tertiary/aromatic N) is 5. The van der Waals surface area contributed by atoms with Gasteiger partial charge in [0.1, 0.15) is 12.4 Å². The fraction of sp³-hybridized carbons (Fsp3) is 0.211. The van der Waals surface area contributed by atoms with Gasteiger partial charge in [0.25, 0.3) is 0 Å². The van der Waals surface area contributed by atoms with E-state index in [9.17, 15) is 4.79 Å². The van der Waals surface area contributed by atoms with Crippen molar-refractivity contribution in [2.24, 2.45) is 0 Å². The van der Waals surface area contributed by atoms with Crippen molar-refractivity contribution in [3.63, 3.8) is 0 Å². The van der Waals surface area contributed by atoms with E-state index in [2.05, 4.69) is 20.3 Å². The lowest BCUT2D eigenvalue weighted by atomic mass is 10.2. The highest BCUT2D eigenvalue weighted by molar-refractivity contribution is 5.87. The summed E-state index contributed by atoms with van der Waals surface area (Å²) in [4.78, 5) is 15.0. The van der Waals surface area contributed by atoms with Gasteiger partial charge in [-0.25, -0.2) is 4.79 Å². The van der Waals surface area contributed by atoms with Crippen LogP contribution in [0.5, 0.6) is 5.75 Å². The Balaban J connectivity index is 1.46. The summed E-state index contributed by atoms with van der Waals surface area (Å²) in [6, 6.07) is 8.54. The zero-order valence-electron chi connectivity index (χ0n) is 15.5. The van der Waals surface area contributed by atoms with Crippen LogP contribution >= 0.6 is 0 Å². The number of carboxylic acids is 1. The summed E-state index contributed by atoms with van der Waals surface area (Å²) in [6.45, 7) is 0.698. The van der Waals surface area contributed by atoms with E-state index >= 15 is 0 Å². The van der Waals surface area contributed by atoms with Crippen LogP contribution in [0, 0.1) is 0 Å².